The zero-order valence-corrected chi connectivity index (χ0v) is 17.1. The quantitative estimate of drug-likeness (QED) is 0.677. The lowest BCUT2D eigenvalue weighted by Gasteiger charge is -2.13. The molecule has 0 aliphatic carbocycles. The number of alkyl halides is 3. The van der Waals surface area contributed by atoms with Gasteiger partial charge >= 0.3 is 6.18 Å². The van der Waals surface area contributed by atoms with Crippen LogP contribution in [0.2, 0.25) is 5.02 Å². The first-order chi connectivity index (χ1) is 14.1. The van der Waals surface area contributed by atoms with Crippen molar-refractivity contribution >= 4 is 33.2 Å². The largest absolute Gasteiger partial charge is 0.417 e. The number of benzene rings is 2. The van der Waals surface area contributed by atoms with Crippen LogP contribution in [0.4, 0.5) is 18.9 Å². The summed E-state index contributed by atoms with van der Waals surface area (Å²) in [5.74, 6) is -0.693. The summed E-state index contributed by atoms with van der Waals surface area (Å²) in [5.41, 5.74) is -1.08. The lowest BCUT2D eigenvalue weighted by atomic mass is 10.1. The van der Waals surface area contributed by atoms with Crippen molar-refractivity contribution in [1.82, 2.24) is 4.72 Å². The minimum absolute atomic E-state index is 0.0390. The van der Waals surface area contributed by atoms with Gasteiger partial charge in [0.2, 0.25) is 10.0 Å². The molecule has 1 unspecified atom stereocenters. The second kappa shape index (κ2) is 8.93. The third kappa shape index (κ3) is 5.51. The number of amides is 1. The minimum Gasteiger partial charge on any atom is -0.377 e. The van der Waals surface area contributed by atoms with Crippen LogP contribution in [0.25, 0.3) is 0 Å². The summed E-state index contributed by atoms with van der Waals surface area (Å²) < 4.78 is 71.3. The second-order valence-corrected chi connectivity index (χ2v) is 8.83. The maximum atomic E-state index is 12.9. The van der Waals surface area contributed by atoms with Crippen LogP contribution in [-0.2, 0) is 20.9 Å². The Kier molecular flexibility index (Phi) is 6.71. The molecule has 162 valence electrons. The molecule has 1 aliphatic rings. The molecule has 1 atom stereocenters. The van der Waals surface area contributed by atoms with Gasteiger partial charge in [0.1, 0.15) is 0 Å². The van der Waals surface area contributed by atoms with Crippen molar-refractivity contribution in [2.24, 2.45) is 0 Å². The number of rotatable bonds is 6. The van der Waals surface area contributed by atoms with Gasteiger partial charge in [0.15, 0.2) is 0 Å². The minimum atomic E-state index is -4.66. The molecule has 2 N–H and O–H groups in total. The summed E-state index contributed by atoms with van der Waals surface area (Å²) in [6.07, 6.45) is -3.16. The monoisotopic (exact) mass is 462 g/mol. The second-order valence-electron chi connectivity index (χ2n) is 6.66. The maximum absolute atomic E-state index is 12.9. The molecule has 0 bridgehead atoms. The maximum Gasteiger partial charge on any atom is 0.417 e. The Morgan fingerprint density at radius 1 is 1.17 bits per heavy atom. The number of anilines is 1. The van der Waals surface area contributed by atoms with Crippen LogP contribution in [0.5, 0.6) is 0 Å². The van der Waals surface area contributed by atoms with Crippen molar-refractivity contribution in [3.63, 3.8) is 0 Å². The summed E-state index contributed by atoms with van der Waals surface area (Å²) in [7, 11) is -3.78. The molecule has 11 heteroatoms. The molecule has 6 nitrogen and oxygen atoms in total. The van der Waals surface area contributed by atoms with Crippen LogP contribution in [0.15, 0.2) is 47.4 Å². The first kappa shape index (κ1) is 22.5. The highest BCUT2D eigenvalue weighted by atomic mass is 35.5. The Balaban J connectivity index is 1.68. The molecule has 1 saturated heterocycles. The Bertz CT molecular complexity index is 1020. The number of nitrogens with one attached hydrogen (secondary N) is 2. The van der Waals surface area contributed by atoms with Gasteiger partial charge in [-0.3, -0.25) is 4.79 Å². The third-order valence-electron chi connectivity index (χ3n) is 4.48. The van der Waals surface area contributed by atoms with E-state index in [1.807, 2.05) is 0 Å². The first-order valence-corrected chi connectivity index (χ1v) is 10.8. The van der Waals surface area contributed by atoms with Gasteiger partial charge in [-0.05, 0) is 55.3 Å². The number of ether oxygens (including phenoxy) is 1. The van der Waals surface area contributed by atoms with Crippen LogP contribution in [0.3, 0.4) is 0 Å². The first-order valence-electron chi connectivity index (χ1n) is 8.96. The van der Waals surface area contributed by atoms with E-state index in [4.69, 9.17) is 16.3 Å². The fraction of sp³-hybridized carbons (Fsp3) is 0.316. The number of hydrogen-bond donors (Lipinski definition) is 2. The van der Waals surface area contributed by atoms with Gasteiger partial charge in [0.25, 0.3) is 5.91 Å². The van der Waals surface area contributed by atoms with Crippen molar-refractivity contribution in [2.75, 3.05) is 18.5 Å². The molecule has 3 rings (SSSR count). The van der Waals surface area contributed by atoms with E-state index in [1.165, 1.54) is 30.3 Å². The Morgan fingerprint density at radius 2 is 1.87 bits per heavy atom. The molecule has 0 aromatic heterocycles. The van der Waals surface area contributed by atoms with Gasteiger partial charge in [-0.2, -0.15) is 13.2 Å². The predicted octanol–water partition coefficient (Wildman–Crippen LogP) is 4.07. The Morgan fingerprint density at radius 3 is 2.47 bits per heavy atom. The Hall–Kier alpha value is -2.14. The van der Waals surface area contributed by atoms with Gasteiger partial charge in [-0.15, -0.1) is 0 Å². The van der Waals surface area contributed by atoms with E-state index in [2.05, 4.69) is 10.0 Å². The van der Waals surface area contributed by atoms with Gasteiger partial charge in [0, 0.05) is 24.4 Å². The molecule has 2 aromatic rings. The highest BCUT2D eigenvalue weighted by Crippen LogP contribution is 2.36. The molecular weight excluding hydrogens is 445 g/mol. The molecule has 30 heavy (non-hydrogen) atoms. The fourth-order valence-corrected chi connectivity index (χ4v) is 4.19. The van der Waals surface area contributed by atoms with E-state index < -0.39 is 32.7 Å². The van der Waals surface area contributed by atoms with Crippen molar-refractivity contribution in [3.8, 4) is 0 Å². The highest BCUT2D eigenvalue weighted by Gasteiger charge is 2.33. The molecular formula is C19H18ClF3N2O4S. The molecule has 1 aliphatic heterocycles. The Labute approximate surface area is 176 Å². The number of carbonyl (C=O) groups excluding carboxylic acids is 1. The van der Waals surface area contributed by atoms with Gasteiger partial charge in [-0.1, -0.05) is 11.6 Å². The lowest BCUT2D eigenvalue weighted by Crippen LogP contribution is -2.31. The average Bonchev–Trinajstić information content (AvgIpc) is 3.21. The molecule has 2 aromatic carbocycles. The van der Waals surface area contributed by atoms with E-state index in [-0.39, 0.29) is 28.8 Å². The van der Waals surface area contributed by atoms with Gasteiger partial charge < -0.3 is 10.1 Å². The van der Waals surface area contributed by atoms with Crippen LogP contribution >= 0.6 is 11.6 Å². The molecule has 0 spiro atoms. The van der Waals surface area contributed by atoms with Crippen LogP contribution < -0.4 is 10.0 Å². The van der Waals surface area contributed by atoms with E-state index >= 15 is 0 Å². The normalized spacial score (nSPS) is 17.1. The van der Waals surface area contributed by atoms with E-state index in [0.29, 0.717) is 6.61 Å². The van der Waals surface area contributed by atoms with Crippen molar-refractivity contribution in [2.45, 2.75) is 30.0 Å². The highest BCUT2D eigenvalue weighted by molar-refractivity contribution is 7.89. The number of halogens is 4. The standard InChI is InChI=1S/C19H18ClF3N2O4S/c20-17-8-5-13(10-16(17)19(21,22)23)25-18(26)12-3-6-15(7-4-12)30(27,28)24-11-14-2-1-9-29-14/h3-8,10,14,24H,1-2,9,11H2,(H,25,26). The zero-order valence-electron chi connectivity index (χ0n) is 15.5. The molecule has 0 radical (unpaired) electrons. The van der Waals surface area contributed by atoms with Gasteiger partial charge in [-0.25, -0.2) is 13.1 Å². The van der Waals surface area contributed by atoms with Crippen molar-refractivity contribution < 1.29 is 31.1 Å². The van der Waals surface area contributed by atoms with Crippen molar-refractivity contribution in [1.29, 1.82) is 0 Å². The van der Waals surface area contributed by atoms with Crippen LogP contribution in [-0.4, -0.2) is 33.6 Å². The summed E-state index contributed by atoms with van der Waals surface area (Å²) in [6, 6.07) is 8.05. The summed E-state index contributed by atoms with van der Waals surface area (Å²) in [4.78, 5) is 12.3. The van der Waals surface area contributed by atoms with Crippen LogP contribution in [0.1, 0.15) is 28.8 Å². The summed E-state index contributed by atoms with van der Waals surface area (Å²) in [6.45, 7) is 0.761. The van der Waals surface area contributed by atoms with E-state index in [9.17, 15) is 26.4 Å². The molecule has 1 fully saturated rings. The zero-order chi connectivity index (χ0) is 21.9. The topological polar surface area (TPSA) is 84.5 Å². The third-order valence-corrected chi connectivity index (χ3v) is 6.25. The van der Waals surface area contributed by atoms with Crippen molar-refractivity contribution in [3.05, 3.63) is 58.6 Å². The number of carbonyl (C=O) groups is 1. The van der Waals surface area contributed by atoms with E-state index in [0.717, 1.165) is 25.0 Å². The predicted molar refractivity (Wildman–Crippen MR) is 105 cm³/mol. The van der Waals surface area contributed by atoms with Crippen LogP contribution in [0, 0.1) is 0 Å². The summed E-state index contributed by atoms with van der Waals surface area (Å²) in [5, 5.41) is 1.86. The average molecular weight is 463 g/mol. The molecule has 0 saturated carbocycles. The SMILES string of the molecule is O=C(Nc1ccc(Cl)c(C(F)(F)F)c1)c1ccc(S(=O)(=O)NCC2CCCO2)cc1. The van der Waals surface area contributed by atoms with E-state index in [1.54, 1.807) is 0 Å². The van der Waals surface area contributed by atoms with Gasteiger partial charge in [0.05, 0.1) is 21.6 Å². The molecule has 1 amide bonds. The number of hydrogen-bond acceptors (Lipinski definition) is 4. The smallest absolute Gasteiger partial charge is 0.377 e. The fourth-order valence-electron chi connectivity index (χ4n) is 2.90. The number of sulfonamides is 1. The molecule has 1 heterocycles. The summed E-state index contributed by atoms with van der Waals surface area (Å²) >= 11 is 5.56. The lowest BCUT2D eigenvalue weighted by molar-refractivity contribution is -0.137.